The van der Waals surface area contributed by atoms with Crippen molar-refractivity contribution in [2.45, 2.75) is 146 Å². The highest BCUT2D eigenvalue weighted by atomic mass is 31.2. The molecule has 0 spiro atoms. The molecule has 8 rings (SSSR count). The first-order chi connectivity index (χ1) is 40.8. The number of aromatic amines is 3. The van der Waals surface area contributed by atoms with Crippen LogP contribution in [0, 0.1) is 27.7 Å². The van der Waals surface area contributed by atoms with E-state index in [1.54, 1.807) is 0 Å². The van der Waals surface area contributed by atoms with Crippen LogP contribution < -0.4 is 50.3 Å². The predicted molar refractivity (Wildman–Crippen MR) is 288 cm³/mol. The van der Waals surface area contributed by atoms with Crippen molar-refractivity contribution < 1.29 is 103 Å². The molecule has 484 valence electrons. The van der Waals surface area contributed by atoms with Gasteiger partial charge < -0.3 is 54.5 Å². The minimum atomic E-state index is -5.51. The second-order valence-electron chi connectivity index (χ2n) is 20.6. The maximum atomic E-state index is 14.0. The van der Waals surface area contributed by atoms with E-state index >= 15 is 0 Å². The lowest BCUT2D eigenvalue weighted by Crippen LogP contribution is -2.33. The Kier molecular flexibility index (Phi) is 21.8. The first kappa shape index (κ1) is 67.8. The highest BCUT2D eigenvalue weighted by molar-refractivity contribution is 7.48. The van der Waals surface area contributed by atoms with Crippen LogP contribution in [0.1, 0.15) is 92.1 Å². The summed E-state index contributed by atoms with van der Waals surface area (Å²) in [7, 11) is -21.0. The van der Waals surface area contributed by atoms with E-state index in [4.69, 9.17) is 60.9 Å². The van der Waals surface area contributed by atoms with Crippen LogP contribution >= 0.6 is 31.3 Å². The normalized spacial score (nSPS) is 28.5. The molecule has 42 heteroatoms. The third kappa shape index (κ3) is 17.5. The third-order valence-corrected chi connectivity index (χ3v) is 18.1. The number of nitrogens with zero attached hydrogens (tertiary/aromatic N) is 5. The molecule has 4 aliphatic heterocycles. The minimum Gasteiger partial charge on any atom is -0.858 e. The summed E-state index contributed by atoms with van der Waals surface area (Å²) < 4.78 is 124. The quantitative estimate of drug-likeness (QED) is 0.0230. The Bertz CT molecular complexity index is 3770. The number of ether oxygens (including phenoxy) is 4. The summed E-state index contributed by atoms with van der Waals surface area (Å²) in [5, 5.41) is 22.6. The van der Waals surface area contributed by atoms with E-state index in [-0.39, 0.29) is 35.3 Å². The Morgan fingerprint density at radius 1 is 0.517 bits per heavy atom. The van der Waals surface area contributed by atoms with Crippen molar-refractivity contribution >= 4 is 31.3 Å². The zero-order valence-electron chi connectivity index (χ0n) is 46.6. The van der Waals surface area contributed by atoms with Gasteiger partial charge in [0.25, 0.3) is 16.7 Å². The summed E-state index contributed by atoms with van der Waals surface area (Å²) >= 11 is 0. The Hall–Kier alpha value is -5.08. The molecule has 0 amide bonds. The van der Waals surface area contributed by atoms with Crippen LogP contribution in [0.5, 0.6) is 5.88 Å². The number of nitrogens with one attached hydrogen (secondary N) is 3. The van der Waals surface area contributed by atoms with Crippen LogP contribution in [0.15, 0.2) is 58.3 Å². The smallest absolute Gasteiger partial charge is 0.472 e. The molecular formula is C45H64N9O29P4-. The molecule has 0 radical (unpaired) electrons. The molecule has 4 aliphatic rings. The van der Waals surface area contributed by atoms with E-state index in [1.807, 2.05) is 0 Å². The molecule has 87 heavy (non-hydrogen) atoms. The molecule has 0 aliphatic carbocycles. The number of aryl methyl sites for hydroxylation is 4. The fourth-order valence-corrected chi connectivity index (χ4v) is 13.2. The molecule has 4 fully saturated rings. The lowest BCUT2D eigenvalue weighted by atomic mass is 10.2. The van der Waals surface area contributed by atoms with Gasteiger partial charge in [0.1, 0.15) is 67.6 Å². The number of aromatic nitrogens is 8. The lowest BCUT2D eigenvalue weighted by Gasteiger charge is -2.25. The number of unbranched alkanes of at least 4 members (excludes halogenated alkanes) is 2. The van der Waals surface area contributed by atoms with E-state index in [0.717, 1.165) is 43.1 Å². The number of phosphoric ester groups is 4. The summed E-state index contributed by atoms with van der Waals surface area (Å²) in [5.41, 5.74) is -0.639. The van der Waals surface area contributed by atoms with Crippen LogP contribution in [0.4, 0.5) is 0 Å². The molecule has 4 unspecified atom stereocenters. The topological polar surface area (TPSA) is 529 Å². The molecular weight excluding hydrogens is 1250 g/mol. The highest BCUT2D eigenvalue weighted by Crippen LogP contribution is 2.54. The number of phosphoric acid groups is 4. The van der Waals surface area contributed by atoms with Gasteiger partial charge in [0, 0.05) is 67.2 Å². The number of nitrogens with two attached hydrogens (primary N) is 1. The molecule has 4 aromatic heterocycles. The van der Waals surface area contributed by atoms with Gasteiger partial charge in [0.05, 0.1) is 39.1 Å². The number of rotatable bonds is 28. The Balaban J connectivity index is 0.972. The number of hydrogen-bond donors (Lipinski definition) is 9. The highest BCUT2D eigenvalue weighted by Gasteiger charge is 2.49. The zero-order valence-corrected chi connectivity index (χ0v) is 50.1. The first-order valence-electron chi connectivity index (χ1n) is 26.6. The SMILES string of the molecule is Cc1cn([C@H]2C[C@H](O)[C@@H](COP(=O)(O)O[C@H]3C[C@H](n4cc(C)c(=O)[nH]c4=O)O[C@@H]3COP(=O)(O)O[C@H]3C[C@H](n4cc(C)c(=O)[nH]c4=O)O[C@@H]3COP(=O)(O)O[C@H]3C[C@H](n4cc(C)c(=O)[nH]c4=O)O[C@@H]3COP(=O)(O)OCCCCCN)O2)c(=O)nc1[O-]. The third-order valence-electron chi connectivity index (χ3n) is 14.0. The maximum absolute atomic E-state index is 14.0. The van der Waals surface area contributed by atoms with E-state index in [1.165, 1.54) is 27.7 Å². The summed E-state index contributed by atoms with van der Waals surface area (Å²) in [6, 6.07) is 0. The van der Waals surface area contributed by atoms with E-state index < -0.39 is 196 Å². The largest absolute Gasteiger partial charge is 0.858 e. The Morgan fingerprint density at radius 3 is 1.25 bits per heavy atom. The van der Waals surface area contributed by atoms with Gasteiger partial charge in [0.2, 0.25) is 0 Å². The summed E-state index contributed by atoms with van der Waals surface area (Å²) in [5.74, 6) is -0.786. The van der Waals surface area contributed by atoms with Crippen LogP contribution in [-0.2, 0) is 73.4 Å². The van der Waals surface area contributed by atoms with E-state index in [0.29, 0.717) is 25.8 Å². The maximum Gasteiger partial charge on any atom is 0.472 e. The van der Waals surface area contributed by atoms with Gasteiger partial charge in [-0.3, -0.25) is 83.8 Å². The fraction of sp³-hybridized carbons (Fsp3) is 0.644. The average molecular weight is 1320 g/mol. The standard InChI is InChI=1S/C45H65N9O29P4/c1-22-14-51(42(60)47-38(22)56)34-10-26(55)30(77-34)18-74-85(66,67)81-28-12-36(53-16-24(3)40(58)49-44(53)62)79-32(28)20-76-87(70,71)83-29-13-37(54-17-25(4)41(59)50-45(54)63)80-33(29)21-75-86(68,69)82-27-11-35(52-15-23(2)39(57)48-43(52)61)78-31(27)19-73-84(64,65)72-9-7-5-6-8-46/h14-17,26-37,55H,5-13,18-21,46H2,1-4H3,(H,64,65)(H,66,67)(H,68,69)(H,70,71)(H,47,56,60)(H,48,57,61)(H,49,58,62)(H,50,59,63)/p-1/t26-,27-,28-,29-,30+,31+,32+,33+,34+,35+,36+,37+/m0/s1. The van der Waals surface area contributed by atoms with Crippen molar-refractivity contribution in [2.75, 3.05) is 39.6 Å². The van der Waals surface area contributed by atoms with Crippen LogP contribution in [0.2, 0.25) is 0 Å². The minimum absolute atomic E-state index is 0.00207. The van der Waals surface area contributed by atoms with Crippen molar-refractivity contribution in [3.8, 4) is 5.88 Å². The molecule has 0 aromatic carbocycles. The summed E-state index contributed by atoms with van der Waals surface area (Å²) in [6.45, 7) is 1.79. The molecule has 8 heterocycles. The van der Waals surface area contributed by atoms with E-state index in [2.05, 4.69) is 19.9 Å². The van der Waals surface area contributed by atoms with Gasteiger partial charge in [-0.15, -0.1) is 0 Å². The number of aliphatic hydroxyl groups is 1. The number of aliphatic hydroxyl groups excluding tert-OH is 1. The number of hydrogen-bond acceptors (Lipinski definition) is 27. The molecule has 4 saturated heterocycles. The van der Waals surface area contributed by atoms with Crippen molar-refractivity contribution in [1.29, 1.82) is 0 Å². The molecule has 0 saturated carbocycles. The average Bonchev–Trinajstić information content (AvgIpc) is 2.97. The molecule has 4 aromatic rings. The van der Waals surface area contributed by atoms with Crippen LogP contribution in [0.3, 0.4) is 0 Å². The van der Waals surface area contributed by atoms with Crippen LogP contribution in [0.25, 0.3) is 0 Å². The molecule has 10 N–H and O–H groups in total. The van der Waals surface area contributed by atoms with Gasteiger partial charge in [0.15, 0.2) is 0 Å². The van der Waals surface area contributed by atoms with Gasteiger partial charge in [-0.2, -0.15) is 0 Å². The molecule has 38 nitrogen and oxygen atoms in total. The van der Waals surface area contributed by atoms with Crippen molar-refractivity contribution in [2.24, 2.45) is 5.73 Å². The fourth-order valence-electron chi connectivity index (χ4n) is 9.51. The van der Waals surface area contributed by atoms with Crippen molar-refractivity contribution in [1.82, 2.24) is 38.2 Å². The summed E-state index contributed by atoms with van der Waals surface area (Å²) in [4.78, 5) is 142. The van der Waals surface area contributed by atoms with Crippen molar-refractivity contribution in [3.63, 3.8) is 0 Å². The van der Waals surface area contributed by atoms with Gasteiger partial charge in [-0.1, -0.05) is 0 Å². The first-order valence-corrected chi connectivity index (χ1v) is 32.6. The monoisotopic (exact) mass is 1320 g/mol. The zero-order chi connectivity index (χ0) is 63.5. The molecule has 16 atom stereocenters. The summed E-state index contributed by atoms with van der Waals surface area (Å²) in [6.07, 6.45) is -13.9. The van der Waals surface area contributed by atoms with Gasteiger partial charge in [-0.05, 0) is 64.9 Å². The Morgan fingerprint density at radius 2 is 0.862 bits per heavy atom. The van der Waals surface area contributed by atoms with E-state index in [9.17, 15) is 81.6 Å². The van der Waals surface area contributed by atoms with Crippen LogP contribution in [-0.4, -0.2) is 151 Å². The Labute approximate surface area is 489 Å². The second-order valence-corrected chi connectivity index (χ2v) is 26.2. The van der Waals surface area contributed by atoms with Crippen molar-refractivity contribution in [3.05, 3.63) is 120 Å². The number of H-pyrrole nitrogens is 3. The lowest BCUT2D eigenvalue weighted by molar-refractivity contribution is -0.276. The second kappa shape index (κ2) is 28.0. The predicted octanol–water partition coefficient (Wildman–Crippen LogP) is -1.52. The van der Waals surface area contributed by atoms with Gasteiger partial charge in [-0.25, -0.2) is 42.4 Å². The van der Waals surface area contributed by atoms with Gasteiger partial charge >= 0.3 is 54.0 Å². The molecule has 0 bridgehead atoms.